The molecule has 3 N–H and O–H groups in total. The number of phenols is 1. The molecule has 2 saturated heterocycles. The summed E-state index contributed by atoms with van der Waals surface area (Å²) in [5, 5.41) is 18.6. The van der Waals surface area contributed by atoms with Crippen LogP contribution in [0, 0.1) is 0 Å². The van der Waals surface area contributed by atoms with E-state index in [0.29, 0.717) is 32.7 Å². The molecule has 0 bridgehead atoms. The number of carbonyl (C=O) groups excluding carboxylic acids is 2. The minimum atomic E-state index is -0.212. The van der Waals surface area contributed by atoms with Crippen LogP contribution in [0.1, 0.15) is 18.4 Å². The summed E-state index contributed by atoms with van der Waals surface area (Å²) in [5.74, 6) is 0.228. The topological polar surface area (TPSA) is 84.9 Å². The molecule has 7 nitrogen and oxygen atoms in total. The molecule has 2 aliphatic heterocycles. The number of fused-ring (bicyclic) bond motifs is 2. The molecule has 0 saturated carbocycles. The third-order valence-electron chi connectivity index (χ3n) is 5.89. The Morgan fingerprint density at radius 3 is 2.66 bits per heavy atom. The summed E-state index contributed by atoms with van der Waals surface area (Å²) in [7, 11) is 0. The molecular formula is C22H28N4O3. The fourth-order valence-electron chi connectivity index (χ4n) is 4.35. The summed E-state index contributed by atoms with van der Waals surface area (Å²) in [6.45, 7) is 3.98. The Morgan fingerprint density at radius 2 is 1.79 bits per heavy atom. The van der Waals surface area contributed by atoms with Crippen molar-refractivity contribution in [3.63, 3.8) is 0 Å². The Hall–Kier alpha value is -2.64. The highest BCUT2D eigenvalue weighted by Gasteiger charge is 2.31. The maximum Gasteiger partial charge on any atom is 0.237 e. The van der Waals surface area contributed by atoms with Crippen LogP contribution in [0.3, 0.4) is 0 Å². The predicted molar refractivity (Wildman–Crippen MR) is 112 cm³/mol. The lowest BCUT2D eigenvalue weighted by molar-refractivity contribution is -0.127. The second-order valence-electron chi connectivity index (χ2n) is 7.83. The fraction of sp³-hybridized carbons (Fsp3) is 0.455. The largest absolute Gasteiger partial charge is 0.508 e. The smallest absolute Gasteiger partial charge is 0.237 e. The number of phenolic OH excluding ortho intramolecular Hbond substituents is 1. The highest BCUT2D eigenvalue weighted by molar-refractivity contribution is 5.87. The van der Waals surface area contributed by atoms with Gasteiger partial charge in [-0.3, -0.25) is 19.4 Å². The van der Waals surface area contributed by atoms with Crippen molar-refractivity contribution in [3.05, 3.63) is 42.0 Å². The van der Waals surface area contributed by atoms with Crippen molar-refractivity contribution in [3.8, 4) is 5.75 Å². The third kappa shape index (κ3) is 4.52. The molecule has 2 fully saturated rings. The van der Waals surface area contributed by atoms with E-state index in [4.69, 9.17) is 0 Å². The van der Waals surface area contributed by atoms with Gasteiger partial charge >= 0.3 is 0 Å². The van der Waals surface area contributed by atoms with E-state index in [-0.39, 0.29) is 30.2 Å². The molecule has 2 aliphatic rings. The molecule has 0 spiro atoms. The van der Waals surface area contributed by atoms with Gasteiger partial charge in [0.1, 0.15) is 5.75 Å². The molecule has 1 atom stereocenters. The zero-order valence-corrected chi connectivity index (χ0v) is 16.6. The van der Waals surface area contributed by atoms with E-state index in [1.165, 1.54) is 0 Å². The third-order valence-corrected chi connectivity index (χ3v) is 5.89. The second kappa shape index (κ2) is 8.80. The normalized spacial score (nSPS) is 22.4. The first-order chi connectivity index (χ1) is 14.1. The maximum atomic E-state index is 12.6. The number of nitrogens with zero attached hydrogens (tertiary/aromatic N) is 2. The van der Waals surface area contributed by atoms with Crippen molar-refractivity contribution >= 4 is 22.6 Å². The van der Waals surface area contributed by atoms with Crippen LogP contribution in [-0.4, -0.2) is 72.0 Å². The summed E-state index contributed by atoms with van der Waals surface area (Å²) in [6, 6.07) is 11.4. The van der Waals surface area contributed by atoms with E-state index in [0.717, 1.165) is 35.7 Å². The molecular weight excluding hydrogens is 368 g/mol. The summed E-state index contributed by atoms with van der Waals surface area (Å²) in [5.41, 5.74) is 0.870. The van der Waals surface area contributed by atoms with Gasteiger partial charge in [0.25, 0.3) is 0 Å². The van der Waals surface area contributed by atoms with Gasteiger partial charge in [0.15, 0.2) is 0 Å². The first-order valence-electron chi connectivity index (χ1n) is 10.3. The Morgan fingerprint density at radius 1 is 1.00 bits per heavy atom. The molecule has 7 heteroatoms. The lowest BCUT2D eigenvalue weighted by atomic mass is 10.0. The maximum absolute atomic E-state index is 12.6. The molecule has 2 aromatic rings. The van der Waals surface area contributed by atoms with Crippen molar-refractivity contribution < 1.29 is 14.7 Å². The summed E-state index contributed by atoms with van der Waals surface area (Å²) in [6.07, 6.45) is 1.74. The Kier molecular flexibility index (Phi) is 5.97. The van der Waals surface area contributed by atoms with Crippen LogP contribution in [0.2, 0.25) is 0 Å². The van der Waals surface area contributed by atoms with Crippen LogP contribution < -0.4 is 10.6 Å². The Bertz CT molecular complexity index is 901. The van der Waals surface area contributed by atoms with Gasteiger partial charge in [-0.25, -0.2) is 0 Å². The molecule has 0 aromatic heterocycles. The van der Waals surface area contributed by atoms with Gasteiger partial charge in [0, 0.05) is 38.3 Å². The number of hydrogen-bond donors (Lipinski definition) is 3. The molecule has 2 heterocycles. The van der Waals surface area contributed by atoms with E-state index in [1.54, 1.807) is 6.07 Å². The average Bonchev–Trinajstić information content (AvgIpc) is 3.17. The first kappa shape index (κ1) is 19.7. The van der Waals surface area contributed by atoms with Gasteiger partial charge in [0.05, 0.1) is 12.6 Å². The van der Waals surface area contributed by atoms with E-state index >= 15 is 0 Å². The van der Waals surface area contributed by atoms with Gasteiger partial charge in [-0.1, -0.05) is 30.3 Å². The molecule has 0 unspecified atom stereocenters. The lowest BCUT2D eigenvalue weighted by Gasteiger charge is -2.27. The van der Waals surface area contributed by atoms with E-state index in [9.17, 15) is 14.7 Å². The number of nitrogens with one attached hydrogen (secondary N) is 2. The molecule has 0 aliphatic carbocycles. The number of carbonyl (C=O) groups is 2. The minimum absolute atomic E-state index is 0.00355. The summed E-state index contributed by atoms with van der Waals surface area (Å²) in [4.78, 5) is 29.0. The minimum Gasteiger partial charge on any atom is -0.508 e. The van der Waals surface area contributed by atoms with Gasteiger partial charge in [-0.05, 0) is 36.2 Å². The molecule has 2 aromatic carbocycles. The number of benzene rings is 2. The van der Waals surface area contributed by atoms with Gasteiger partial charge in [-0.2, -0.15) is 0 Å². The number of hydrogen-bond acceptors (Lipinski definition) is 5. The van der Waals surface area contributed by atoms with E-state index in [1.807, 2.05) is 35.2 Å². The van der Waals surface area contributed by atoms with Crippen LogP contribution in [0.15, 0.2) is 36.4 Å². The van der Waals surface area contributed by atoms with E-state index < -0.39 is 0 Å². The first-order valence-corrected chi connectivity index (χ1v) is 10.3. The fourth-order valence-corrected chi connectivity index (χ4v) is 4.35. The lowest BCUT2D eigenvalue weighted by Crippen LogP contribution is -2.50. The second-order valence-corrected chi connectivity index (χ2v) is 7.83. The predicted octanol–water partition coefficient (Wildman–Crippen LogP) is 1.06. The summed E-state index contributed by atoms with van der Waals surface area (Å²) >= 11 is 0. The monoisotopic (exact) mass is 396 g/mol. The molecule has 4 rings (SSSR count). The molecule has 29 heavy (non-hydrogen) atoms. The molecule has 0 radical (unpaired) electrons. The quantitative estimate of drug-likeness (QED) is 0.707. The highest BCUT2D eigenvalue weighted by Crippen LogP contribution is 2.28. The van der Waals surface area contributed by atoms with Gasteiger partial charge in [-0.15, -0.1) is 0 Å². The van der Waals surface area contributed by atoms with E-state index in [2.05, 4.69) is 15.5 Å². The van der Waals surface area contributed by atoms with Crippen LogP contribution in [0.25, 0.3) is 10.8 Å². The van der Waals surface area contributed by atoms with Crippen molar-refractivity contribution in [1.82, 2.24) is 20.4 Å². The number of rotatable bonds is 2. The Labute approximate surface area is 170 Å². The van der Waals surface area contributed by atoms with Gasteiger partial charge < -0.3 is 15.7 Å². The van der Waals surface area contributed by atoms with Crippen LogP contribution in [0.4, 0.5) is 0 Å². The van der Waals surface area contributed by atoms with Crippen LogP contribution >= 0.6 is 0 Å². The van der Waals surface area contributed by atoms with Crippen molar-refractivity contribution in [2.45, 2.75) is 25.4 Å². The van der Waals surface area contributed by atoms with Crippen LogP contribution in [0.5, 0.6) is 5.75 Å². The van der Waals surface area contributed by atoms with Crippen molar-refractivity contribution in [2.24, 2.45) is 0 Å². The van der Waals surface area contributed by atoms with Gasteiger partial charge in [0.2, 0.25) is 11.8 Å². The number of aromatic hydroxyl groups is 1. The SMILES string of the molecule is O=C1CN2CCC[C@H]2C(=O)NCCN(Cc2c(O)ccc3ccccc23)CCN1. The zero-order valence-electron chi connectivity index (χ0n) is 16.6. The Balaban J connectivity index is 1.50. The number of amides is 2. The summed E-state index contributed by atoms with van der Waals surface area (Å²) < 4.78 is 0. The highest BCUT2D eigenvalue weighted by atomic mass is 16.3. The molecule has 2 amide bonds. The standard InChI is InChI=1S/C22H28N4O3/c27-20-8-7-16-4-1-2-5-17(16)18(20)14-25-12-9-23-21(28)15-26-11-3-6-19(26)22(29)24-10-13-25/h1-2,4-5,7-8,19,27H,3,6,9-15H2,(H,23,28)(H,24,29)/t19-/m0/s1. The van der Waals surface area contributed by atoms with Crippen molar-refractivity contribution in [2.75, 3.05) is 39.3 Å². The van der Waals surface area contributed by atoms with Crippen LogP contribution in [-0.2, 0) is 16.1 Å². The average molecular weight is 396 g/mol. The molecule has 154 valence electrons. The van der Waals surface area contributed by atoms with Crippen molar-refractivity contribution in [1.29, 1.82) is 0 Å². The zero-order chi connectivity index (χ0) is 20.2.